The number of aromatic nitrogens is 2. The maximum atomic E-state index is 11.4. The van der Waals surface area contributed by atoms with Crippen LogP contribution in [0.3, 0.4) is 0 Å². The molecule has 1 atom stereocenters. The third kappa shape index (κ3) is 2.00. The number of hydrogen-bond donors (Lipinski definition) is 3. The Morgan fingerprint density at radius 2 is 1.91 bits per heavy atom. The zero-order chi connectivity index (χ0) is 16.0. The van der Waals surface area contributed by atoms with Gasteiger partial charge in [-0.2, -0.15) is 4.99 Å². The van der Waals surface area contributed by atoms with Crippen LogP contribution in [0.5, 0.6) is 0 Å². The van der Waals surface area contributed by atoms with Crippen molar-refractivity contribution >= 4 is 28.6 Å². The van der Waals surface area contributed by atoms with E-state index < -0.39 is 11.1 Å². The second-order valence-corrected chi connectivity index (χ2v) is 5.19. The minimum atomic E-state index is -0.607. The van der Waals surface area contributed by atoms with Gasteiger partial charge in [-0.1, -0.05) is 24.3 Å². The van der Waals surface area contributed by atoms with Crippen LogP contribution in [0.4, 0.5) is 11.6 Å². The molecule has 1 aliphatic heterocycles. The smallest absolute Gasteiger partial charge is 0.357 e. The summed E-state index contributed by atoms with van der Waals surface area (Å²) in [5.74, 6) is 0.849. The standard InChI is InChI=1S/C15H12N6O2/c16-14-18-13(9-5-1-3-7-11(9)21(22)23)20-12-8-4-2-6-10(12)17-15(20)19-14/h1-8,13H,(H3,16,17,18,19)/p+1/t13-/m1/s1. The number of aliphatic imine (C=N–C) groups is 1. The second kappa shape index (κ2) is 4.80. The first-order valence-corrected chi connectivity index (χ1v) is 7.01. The van der Waals surface area contributed by atoms with Crippen molar-refractivity contribution < 1.29 is 9.49 Å². The summed E-state index contributed by atoms with van der Waals surface area (Å²) in [6, 6.07) is 14.2. The molecule has 1 aromatic heterocycles. The van der Waals surface area contributed by atoms with Crippen LogP contribution in [0, 0.1) is 10.1 Å². The molecule has 8 nitrogen and oxygen atoms in total. The van der Waals surface area contributed by atoms with Crippen LogP contribution < -0.4 is 15.6 Å². The van der Waals surface area contributed by atoms with E-state index in [1.807, 2.05) is 28.8 Å². The Balaban J connectivity index is 2.00. The van der Waals surface area contributed by atoms with Gasteiger partial charge < -0.3 is 5.73 Å². The van der Waals surface area contributed by atoms with E-state index >= 15 is 0 Å². The first kappa shape index (κ1) is 13.3. The minimum absolute atomic E-state index is 0.0136. The number of nitro groups is 1. The average Bonchev–Trinajstić information content (AvgIpc) is 2.92. The molecule has 0 aliphatic carbocycles. The Labute approximate surface area is 130 Å². The molecule has 8 heteroatoms. The highest BCUT2D eigenvalue weighted by atomic mass is 16.6. The van der Waals surface area contributed by atoms with E-state index in [2.05, 4.69) is 15.3 Å². The zero-order valence-electron chi connectivity index (χ0n) is 11.9. The number of nitrogens with zero attached hydrogens (tertiary/aromatic N) is 3. The van der Waals surface area contributed by atoms with Gasteiger partial charge in [-0.3, -0.25) is 10.1 Å². The predicted octanol–water partition coefficient (Wildman–Crippen LogP) is 1.65. The molecule has 3 aromatic rings. The second-order valence-electron chi connectivity index (χ2n) is 5.19. The SMILES string of the molecule is NC1=N[C@@H](c2ccccc2[N+](=O)[O-])[n+]2c([nH]c3ccccc32)N1. The van der Waals surface area contributed by atoms with Gasteiger partial charge in [0.05, 0.1) is 10.5 Å². The molecular weight excluding hydrogens is 296 g/mol. The van der Waals surface area contributed by atoms with E-state index in [4.69, 9.17) is 5.73 Å². The fourth-order valence-corrected chi connectivity index (χ4v) is 2.87. The van der Waals surface area contributed by atoms with E-state index in [9.17, 15) is 10.1 Å². The molecule has 0 fully saturated rings. The average molecular weight is 309 g/mol. The van der Waals surface area contributed by atoms with Crippen LogP contribution in [-0.4, -0.2) is 15.9 Å². The van der Waals surface area contributed by atoms with Crippen LogP contribution >= 0.6 is 0 Å². The number of nitrogens with one attached hydrogen (secondary N) is 2. The molecule has 0 unspecified atom stereocenters. The first-order chi connectivity index (χ1) is 11.1. The third-order valence-corrected chi connectivity index (χ3v) is 3.82. The van der Waals surface area contributed by atoms with Crippen molar-refractivity contribution in [3.63, 3.8) is 0 Å². The largest absolute Gasteiger partial charge is 0.365 e. The molecule has 0 bridgehead atoms. The Morgan fingerprint density at radius 1 is 1.17 bits per heavy atom. The molecule has 2 heterocycles. The summed E-state index contributed by atoms with van der Waals surface area (Å²) >= 11 is 0. The molecule has 4 N–H and O–H groups in total. The molecule has 0 radical (unpaired) electrons. The van der Waals surface area contributed by atoms with Gasteiger partial charge in [0.1, 0.15) is 11.0 Å². The van der Waals surface area contributed by atoms with Gasteiger partial charge in [0.25, 0.3) is 11.6 Å². The van der Waals surface area contributed by atoms with Gasteiger partial charge in [-0.25, -0.2) is 14.9 Å². The highest BCUT2D eigenvalue weighted by Gasteiger charge is 2.34. The number of imidazole rings is 1. The van der Waals surface area contributed by atoms with Crippen LogP contribution in [0.1, 0.15) is 11.7 Å². The molecule has 2 aromatic carbocycles. The van der Waals surface area contributed by atoms with Crippen molar-refractivity contribution in [2.75, 3.05) is 5.32 Å². The molecule has 0 saturated heterocycles. The Hall–Kier alpha value is -3.42. The van der Waals surface area contributed by atoms with Gasteiger partial charge in [-0.05, 0) is 18.2 Å². The lowest BCUT2D eigenvalue weighted by Gasteiger charge is -2.17. The van der Waals surface area contributed by atoms with Crippen LogP contribution in [0.2, 0.25) is 0 Å². The maximum Gasteiger partial charge on any atom is 0.365 e. The van der Waals surface area contributed by atoms with Crippen LogP contribution in [0.25, 0.3) is 11.0 Å². The number of rotatable bonds is 2. The van der Waals surface area contributed by atoms with Gasteiger partial charge in [-0.15, -0.1) is 0 Å². The number of fused-ring (bicyclic) bond motifs is 3. The summed E-state index contributed by atoms with van der Waals surface area (Å²) in [6.07, 6.45) is -0.607. The summed E-state index contributed by atoms with van der Waals surface area (Å²) in [7, 11) is 0. The van der Waals surface area contributed by atoms with Crippen molar-refractivity contribution in [2.45, 2.75) is 6.17 Å². The molecule has 0 amide bonds. The molecule has 114 valence electrons. The Bertz CT molecular complexity index is 962. The fraction of sp³-hybridized carbons (Fsp3) is 0.0667. The predicted molar refractivity (Wildman–Crippen MR) is 85.0 cm³/mol. The van der Waals surface area contributed by atoms with Crippen LogP contribution in [-0.2, 0) is 0 Å². The number of nitrogens with two attached hydrogens (primary N) is 1. The van der Waals surface area contributed by atoms with Crippen molar-refractivity contribution in [3.05, 3.63) is 64.2 Å². The molecule has 4 rings (SSSR count). The summed E-state index contributed by atoms with van der Waals surface area (Å²) < 4.78 is 1.87. The zero-order valence-corrected chi connectivity index (χ0v) is 11.9. The number of H-pyrrole nitrogens is 1. The summed E-state index contributed by atoms with van der Waals surface area (Å²) in [4.78, 5) is 18.5. The lowest BCUT2D eigenvalue weighted by Crippen LogP contribution is -2.48. The topological polar surface area (TPSA) is 113 Å². The van der Waals surface area contributed by atoms with E-state index in [0.717, 1.165) is 11.0 Å². The summed E-state index contributed by atoms with van der Waals surface area (Å²) in [5.41, 5.74) is 8.13. The van der Waals surface area contributed by atoms with Gasteiger partial charge in [0, 0.05) is 6.07 Å². The monoisotopic (exact) mass is 309 g/mol. The first-order valence-electron chi connectivity index (χ1n) is 7.01. The highest BCUT2D eigenvalue weighted by molar-refractivity contribution is 5.92. The van der Waals surface area contributed by atoms with E-state index in [0.29, 0.717) is 11.5 Å². The van der Waals surface area contributed by atoms with Gasteiger partial charge in [0.2, 0.25) is 6.17 Å². The van der Waals surface area contributed by atoms with E-state index in [1.54, 1.807) is 18.2 Å². The molecule has 23 heavy (non-hydrogen) atoms. The van der Waals surface area contributed by atoms with Crippen molar-refractivity contribution in [3.8, 4) is 0 Å². The quantitative estimate of drug-likeness (QED) is 0.379. The number of aromatic amines is 1. The number of guanidine groups is 1. The molecular formula is C15H13N6O2+. The third-order valence-electron chi connectivity index (χ3n) is 3.82. The number of nitro benzene ring substituents is 1. The van der Waals surface area contributed by atoms with E-state index in [1.165, 1.54) is 6.07 Å². The highest BCUT2D eigenvalue weighted by Crippen LogP contribution is 2.29. The summed E-state index contributed by atoms with van der Waals surface area (Å²) in [6.45, 7) is 0. The van der Waals surface area contributed by atoms with Crippen LogP contribution in [0.15, 0.2) is 53.5 Å². The van der Waals surface area contributed by atoms with Gasteiger partial charge in [0.15, 0.2) is 0 Å². The molecule has 1 aliphatic rings. The van der Waals surface area contributed by atoms with Crippen molar-refractivity contribution in [1.29, 1.82) is 0 Å². The lowest BCUT2D eigenvalue weighted by molar-refractivity contribution is -0.674. The number of para-hydroxylation sites is 3. The Kier molecular flexibility index (Phi) is 2.77. The van der Waals surface area contributed by atoms with Gasteiger partial charge >= 0.3 is 5.95 Å². The number of anilines is 1. The van der Waals surface area contributed by atoms with E-state index in [-0.39, 0.29) is 11.6 Å². The van der Waals surface area contributed by atoms with Crippen molar-refractivity contribution in [2.24, 2.45) is 10.7 Å². The minimum Gasteiger partial charge on any atom is -0.357 e. The molecule has 0 spiro atoms. The molecule has 0 saturated carbocycles. The lowest BCUT2D eigenvalue weighted by atomic mass is 10.1. The Morgan fingerprint density at radius 3 is 2.74 bits per heavy atom. The normalized spacial score (nSPS) is 16.5. The summed E-state index contributed by atoms with van der Waals surface area (Å²) in [5, 5.41) is 14.3. The number of benzene rings is 2. The maximum absolute atomic E-state index is 11.4. The fourth-order valence-electron chi connectivity index (χ4n) is 2.87. The van der Waals surface area contributed by atoms with Crippen molar-refractivity contribution in [1.82, 2.24) is 4.98 Å². The number of hydrogen-bond acceptors (Lipinski definition) is 5.